The van der Waals surface area contributed by atoms with Crippen LogP contribution in [0.5, 0.6) is 5.75 Å². The fourth-order valence-electron chi connectivity index (χ4n) is 6.16. The number of pyridine rings is 1. The maximum absolute atomic E-state index is 13.8. The van der Waals surface area contributed by atoms with E-state index in [2.05, 4.69) is 4.98 Å². The number of primary amides is 1. The average Bonchev–Trinajstić information content (AvgIpc) is 2.81. The van der Waals surface area contributed by atoms with Gasteiger partial charge in [-0.2, -0.15) is 0 Å². The van der Waals surface area contributed by atoms with Gasteiger partial charge in [0.15, 0.2) is 34.7 Å². The topological polar surface area (TPSA) is 168 Å². The number of fused-ring (bicyclic) bond motifs is 3. The van der Waals surface area contributed by atoms with E-state index in [-0.39, 0.29) is 30.6 Å². The van der Waals surface area contributed by atoms with Crippen molar-refractivity contribution in [1.82, 2.24) is 4.98 Å². The molecular weight excluding hydrogens is 466 g/mol. The van der Waals surface area contributed by atoms with Gasteiger partial charge < -0.3 is 20.8 Å². The molecule has 0 saturated heterocycles. The van der Waals surface area contributed by atoms with Crippen LogP contribution in [0, 0.1) is 23.7 Å². The van der Waals surface area contributed by atoms with Crippen molar-refractivity contribution in [3.8, 4) is 16.9 Å². The van der Waals surface area contributed by atoms with Crippen LogP contribution in [0.15, 0.2) is 30.6 Å². The Hall–Kier alpha value is -3.92. The van der Waals surface area contributed by atoms with E-state index in [1.807, 2.05) is 0 Å². The number of aliphatic hydroxyl groups is 1. The molecule has 4 N–H and O–H groups in total. The summed E-state index contributed by atoms with van der Waals surface area (Å²) in [5, 5.41) is 22.5. The molecule has 2 saturated carbocycles. The van der Waals surface area contributed by atoms with Gasteiger partial charge in [0.2, 0.25) is 5.91 Å². The molecule has 5 rings (SSSR count). The van der Waals surface area contributed by atoms with Gasteiger partial charge in [-0.1, -0.05) is 6.07 Å². The minimum absolute atomic E-state index is 0.0394. The van der Waals surface area contributed by atoms with Gasteiger partial charge >= 0.3 is 0 Å². The van der Waals surface area contributed by atoms with Gasteiger partial charge in [0.25, 0.3) is 0 Å². The van der Waals surface area contributed by atoms with Crippen LogP contribution in [-0.4, -0.2) is 63.9 Å². The molecule has 2 aromatic rings. The zero-order chi connectivity index (χ0) is 26.1. The summed E-state index contributed by atoms with van der Waals surface area (Å²) in [4.78, 5) is 70.7. The molecule has 1 heterocycles. The number of carbonyl (C=O) groups excluding carboxylic acids is 5. The molecule has 0 aliphatic heterocycles. The van der Waals surface area contributed by atoms with Gasteiger partial charge in [0.05, 0.1) is 11.5 Å². The molecule has 36 heavy (non-hydrogen) atoms. The smallest absolute Gasteiger partial charge is 0.235 e. The molecule has 3 aliphatic rings. The van der Waals surface area contributed by atoms with Crippen LogP contribution in [0.3, 0.4) is 0 Å². The van der Waals surface area contributed by atoms with Crippen molar-refractivity contribution in [2.75, 3.05) is 19.0 Å². The van der Waals surface area contributed by atoms with Crippen molar-refractivity contribution in [3.63, 3.8) is 0 Å². The highest BCUT2D eigenvalue weighted by Crippen LogP contribution is 2.52. The Morgan fingerprint density at radius 3 is 2.50 bits per heavy atom. The van der Waals surface area contributed by atoms with Crippen LogP contribution in [0.25, 0.3) is 11.1 Å². The number of aromatic hydroxyl groups is 1. The van der Waals surface area contributed by atoms with E-state index < -0.39 is 58.3 Å². The lowest BCUT2D eigenvalue weighted by Gasteiger charge is -2.48. The van der Waals surface area contributed by atoms with Gasteiger partial charge in [-0.3, -0.25) is 29.0 Å². The monoisotopic (exact) mass is 491 g/mol. The fourth-order valence-corrected chi connectivity index (χ4v) is 6.16. The number of hydrogen-bond donors (Lipinski definition) is 3. The number of phenols is 1. The van der Waals surface area contributed by atoms with Gasteiger partial charge in [0.1, 0.15) is 5.75 Å². The van der Waals surface area contributed by atoms with Gasteiger partial charge in [-0.05, 0) is 36.5 Å². The Labute approximate surface area is 206 Å². The normalized spacial score (nSPS) is 29.3. The van der Waals surface area contributed by atoms with Crippen LogP contribution in [0.2, 0.25) is 0 Å². The summed E-state index contributed by atoms with van der Waals surface area (Å²) in [7, 11) is 3.59. The highest BCUT2D eigenvalue weighted by Gasteiger charge is 2.66. The van der Waals surface area contributed by atoms with E-state index in [1.165, 1.54) is 6.20 Å². The predicted molar refractivity (Wildman–Crippen MR) is 126 cm³/mol. The minimum Gasteiger partial charge on any atom is -0.507 e. The molecule has 2 unspecified atom stereocenters. The molecule has 0 bridgehead atoms. The summed E-state index contributed by atoms with van der Waals surface area (Å²) < 4.78 is 0. The number of carbonyl (C=O) groups is 5. The third kappa shape index (κ3) is 3.13. The predicted octanol–water partition coefficient (Wildman–Crippen LogP) is 0.455. The zero-order valence-electron chi connectivity index (χ0n) is 19.7. The second-order valence-electron chi connectivity index (χ2n) is 10.0. The van der Waals surface area contributed by atoms with Gasteiger partial charge in [-0.15, -0.1) is 0 Å². The van der Waals surface area contributed by atoms with E-state index in [9.17, 15) is 34.2 Å². The number of phenolic OH excluding ortho intramolecular Hbond substituents is 1. The minimum atomic E-state index is -2.66. The number of aromatic nitrogens is 1. The Morgan fingerprint density at radius 1 is 1.17 bits per heavy atom. The SMILES string of the molecule is CN(C)c1cc(-c2cccnc2)c(O)c2c1C[C@H]1C[C@H]3CC(=O)C(C(N)=O)C(=O)[C@@]3(O)C(=O)C1C2=O. The molecule has 3 aliphatic carbocycles. The number of Topliss-reactive ketones (excluding diaryl/α,β-unsaturated/α-hetero) is 4. The summed E-state index contributed by atoms with van der Waals surface area (Å²) in [6, 6.07) is 5.17. The molecule has 186 valence electrons. The molecule has 5 atom stereocenters. The number of hydrogen-bond acceptors (Lipinski definition) is 9. The summed E-state index contributed by atoms with van der Waals surface area (Å²) in [6.07, 6.45) is 3.03. The molecule has 2 fully saturated rings. The zero-order valence-corrected chi connectivity index (χ0v) is 19.7. The molecule has 1 amide bonds. The van der Waals surface area contributed by atoms with Crippen molar-refractivity contribution < 1.29 is 34.2 Å². The van der Waals surface area contributed by atoms with Crippen molar-refractivity contribution in [3.05, 3.63) is 41.7 Å². The molecule has 1 aromatic carbocycles. The highest BCUT2D eigenvalue weighted by atomic mass is 16.3. The first-order chi connectivity index (χ1) is 17.0. The maximum Gasteiger partial charge on any atom is 0.235 e. The fraction of sp³-hybridized carbons (Fsp3) is 0.385. The number of anilines is 1. The number of amides is 1. The second-order valence-corrected chi connectivity index (χ2v) is 10.0. The molecule has 0 radical (unpaired) electrons. The summed E-state index contributed by atoms with van der Waals surface area (Å²) in [5.74, 6) is -10.3. The van der Waals surface area contributed by atoms with Crippen LogP contribution in [0.4, 0.5) is 5.69 Å². The van der Waals surface area contributed by atoms with Gasteiger partial charge in [0, 0.05) is 55.6 Å². The van der Waals surface area contributed by atoms with Gasteiger partial charge in [-0.25, -0.2) is 0 Å². The molecule has 10 heteroatoms. The van der Waals surface area contributed by atoms with Crippen LogP contribution in [0.1, 0.15) is 28.8 Å². The van der Waals surface area contributed by atoms with Crippen molar-refractivity contribution in [2.24, 2.45) is 29.4 Å². The lowest BCUT2D eigenvalue weighted by Crippen LogP contribution is -2.68. The van der Waals surface area contributed by atoms with Crippen molar-refractivity contribution in [1.29, 1.82) is 0 Å². The van der Waals surface area contributed by atoms with E-state index in [4.69, 9.17) is 5.73 Å². The standard InChI is InChI=1S/C26H25N3O7/c1-29(2)16-9-14(11-4-3-5-28-10-11)21(31)19-15(16)7-12-6-13-8-17(30)20(25(27)35)24(34)26(13,36)23(33)18(12)22(19)32/h3-5,9-10,12-13,18,20,31,36H,6-8H2,1-2H3,(H2,27,35)/t12-,13+,18?,20?,26+/m1/s1. The van der Waals surface area contributed by atoms with Crippen molar-refractivity contribution in [2.45, 2.75) is 24.9 Å². The Morgan fingerprint density at radius 2 is 1.89 bits per heavy atom. The van der Waals surface area contributed by atoms with E-state index in [0.717, 1.165) is 0 Å². The Kier molecular flexibility index (Phi) is 5.33. The molecule has 1 aromatic heterocycles. The molecule has 10 nitrogen and oxygen atoms in total. The van der Waals surface area contributed by atoms with E-state index in [1.54, 1.807) is 43.4 Å². The molecule has 0 spiro atoms. The first-order valence-electron chi connectivity index (χ1n) is 11.6. The largest absolute Gasteiger partial charge is 0.507 e. The summed E-state index contributed by atoms with van der Waals surface area (Å²) in [5.41, 5.74) is 4.66. The number of nitrogens with zero attached hydrogens (tertiary/aromatic N) is 2. The number of benzene rings is 1. The van der Waals surface area contributed by atoms with Crippen LogP contribution >= 0.6 is 0 Å². The Balaban J connectivity index is 1.66. The summed E-state index contributed by atoms with van der Waals surface area (Å²) in [6.45, 7) is 0. The number of rotatable bonds is 3. The van der Waals surface area contributed by atoms with Crippen molar-refractivity contribution >= 4 is 34.7 Å². The Bertz CT molecular complexity index is 1350. The average molecular weight is 492 g/mol. The maximum atomic E-state index is 13.8. The molecular formula is C26H25N3O7. The van der Waals surface area contributed by atoms with Crippen LogP contribution in [-0.2, 0) is 25.6 Å². The lowest BCUT2D eigenvalue weighted by atomic mass is 9.53. The second kappa shape index (κ2) is 8.06. The first kappa shape index (κ1) is 23.8. The van der Waals surface area contributed by atoms with Crippen LogP contribution < -0.4 is 10.6 Å². The van der Waals surface area contributed by atoms with E-state index in [0.29, 0.717) is 22.4 Å². The van der Waals surface area contributed by atoms with E-state index >= 15 is 0 Å². The number of nitrogens with two attached hydrogens (primary N) is 1. The third-order valence-electron chi connectivity index (χ3n) is 7.83. The highest BCUT2D eigenvalue weighted by molar-refractivity contribution is 6.31. The summed E-state index contributed by atoms with van der Waals surface area (Å²) >= 11 is 0. The lowest BCUT2D eigenvalue weighted by molar-refractivity contribution is -0.175. The third-order valence-corrected chi connectivity index (χ3v) is 7.83. The quantitative estimate of drug-likeness (QED) is 0.516. The number of ketones is 4. The first-order valence-corrected chi connectivity index (χ1v) is 11.6.